The van der Waals surface area contributed by atoms with Crippen LogP contribution in [0.3, 0.4) is 0 Å². The van der Waals surface area contributed by atoms with Gasteiger partial charge < -0.3 is 14.6 Å². The minimum Gasteiger partial charge on any atom is -0.379 e. The van der Waals surface area contributed by atoms with Crippen molar-refractivity contribution in [3.8, 4) is 0 Å². The standard InChI is InChI=1S/C22H33N3O2/c1-3-18(4-2)21(25-13-15-27-16-14-25)17-23-22(26)10-12-24-11-9-19-7-5-6-8-20(19)24/h5-9,11,18,21H,3-4,10,12-17H2,1-2H3,(H,23,26). The Kier molecular flexibility index (Phi) is 7.30. The van der Waals surface area contributed by atoms with Gasteiger partial charge in [0.05, 0.1) is 13.2 Å². The van der Waals surface area contributed by atoms with E-state index in [2.05, 4.69) is 53.0 Å². The van der Waals surface area contributed by atoms with Crippen molar-refractivity contribution >= 4 is 16.8 Å². The van der Waals surface area contributed by atoms with Gasteiger partial charge in [0.1, 0.15) is 0 Å². The molecule has 0 radical (unpaired) electrons. The van der Waals surface area contributed by atoms with Gasteiger partial charge in [0, 0.05) is 50.4 Å². The zero-order chi connectivity index (χ0) is 19.1. The van der Waals surface area contributed by atoms with Gasteiger partial charge in [-0.15, -0.1) is 0 Å². The van der Waals surface area contributed by atoms with Crippen molar-refractivity contribution in [2.75, 3.05) is 32.8 Å². The normalized spacial score (nSPS) is 16.7. The fourth-order valence-corrected chi connectivity index (χ4v) is 4.20. The Morgan fingerprint density at radius 2 is 1.89 bits per heavy atom. The van der Waals surface area contributed by atoms with Crippen molar-refractivity contribution in [3.63, 3.8) is 0 Å². The number of carbonyl (C=O) groups excluding carboxylic acids is 1. The van der Waals surface area contributed by atoms with Gasteiger partial charge in [-0.05, 0) is 23.4 Å². The summed E-state index contributed by atoms with van der Waals surface area (Å²) >= 11 is 0. The molecule has 0 aliphatic carbocycles. The number of benzene rings is 1. The fraction of sp³-hybridized carbons (Fsp3) is 0.591. The Morgan fingerprint density at radius 3 is 2.63 bits per heavy atom. The number of carbonyl (C=O) groups is 1. The molecule has 27 heavy (non-hydrogen) atoms. The van der Waals surface area contributed by atoms with Gasteiger partial charge in [-0.25, -0.2) is 0 Å². The van der Waals surface area contributed by atoms with Crippen LogP contribution in [0.25, 0.3) is 10.9 Å². The highest BCUT2D eigenvalue weighted by atomic mass is 16.5. The smallest absolute Gasteiger partial charge is 0.221 e. The Labute approximate surface area is 162 Å². The van der Waals surface area contributed by atoms with Gasteiger partial charge in [-0.3, -0.25) is 9.69 Å². The molecule has 1 fully saturated rings. The van der Waals surface area contributed by atoms with Crippen molar-refractivity contribution in [2.24, 2.45) is 5.92 Å². The molecule has 1 saturated heterocycles. The van der Waals surface area contributed by atoms with E-state index in [0.717, 1.165) is 45.7 Å². The predicted molar refractivity (Wildman–Crippen MR) is 110 cm³/mol. The number of nitrogens with zero attached hydrogens (tertiary/aromatic N) is 2. The molecule has 2 heterocycles. The molecule has 1 amide bonds. The minimum atomic E-state index is 0.136. The lowest BCUT2D eigenvalue weighted by molar-refractivity contribution is -0.121. The quantitative estimate of drug-likeness (QED) is 0.736. The number of morpholine rings is 1. The number of para-hydroxylation sites is 1. The van der Waals surface area contributed by atoms with Crippen molar-refractivity contribution in [3.05, 3.63) is 36.5 Å². The van der Waals surface area contributed by atoms with E-state index in [1.807, 2.05) is 12.1 Å². The number of hydrogen-bond acceptors (Lipinski definition) is 3. The van der Waals surface area contributed by atoms with Crippen molar-refractivity contribution in [1.29, 1.82) is 0 Å². The molecular formula is C22H33N3O2. The molecule has 3 rings (SSSR count). The average Bonchev–Trinajstić information content (AvgIpc) is 3.13. The maximum absolute atomic E-state index is 12.5. The van der Waals surface area contributed by atoms with E-state index in [4.69, 9.17) is 4.74 Å². The Balaban J connectivity index is 1.53. The SMILES string of the molecule is CCC(CC)C(CNC(=O)CCn1ccc2ccccc21)N1CCOCC1. The minimum absolute atomic E-state index is 0.136. The molecule has 2 aromatic rings. The van der Waals surface area contributed by atoms with Gasteiger partial charge in [-0.2, -0.15) is 0 Å². The van der Waals surface area contributed by atoms with Crippen LogP contribution in [0.5, 0.6) is 0 Å². The average molecular weight is 372 g/mol. The zero-order valence-electron chi connectivity index (χ0n) is 16.7. The van der Waals surface area contributed by atoms with E-state index in [1.165, 1.54) is 10.9 Å². The monoisotopic (exact) mass is 371 g/mol. The topological polar surface area (TPSA) is 46.5 Å². The maximum atomic E-state index is 12.5. The molecule has 1 aromatic heterocycles. The summed E-state index contributed by atoms with van der Waals surface area (Å²) in [6, 6.07) is 10.8. The van der Waals surface area contributed by atoms with E-state index >= 15 is 0 Å². The highest BCUT2D eigenvalue weighted by Gasteiger charge is 2.27. The fourth-order valence-electron chi connectivity index (χ4n) is 4.20. The van der Waals surface area contributed by atoms with Gasteiger partial charge >= 0.3 is 0 Å². The van der Waals surface area contributed by atoms with Crippen LogP contribution < -0.4 is 5.32 Å². The van der Waals surface area contributed by atoms with E-state index in [-0.39, 0.29) is 5.91 Å². The third-order valence-electron chi connectivity index (χ3n) is 5.88. The molecule has 0 bridgehead atoms. The summed E-state index contributed by atoms with van der Waals surface area (Å²) in [5.41, 5.74) is 1.19. The molecule has 1 aromatic carbocycles. The molecule has 5 heteroatoms. The van der Waals surface area contributed by atoms with Crippen LogP contribution in [-0.2, 0) is 16.1 Å². The second-order valence-corrected chi connectivity index (χ2v) is 7.41. The first-order chi connectivity index (χ1) is 13.2. The highest BCUT2D eigenvalue weighted by molar-refractivity contribution is 5.80. The van der Waals surface area contributed by atoms with Gasteiger partial charge in [0.15, 0.2) is 0 Å². The van der Waals surface area contributed by atoms with Crippen LogP contribution in [0.1, 0.15) is 33.1 Å². The lowest BCUT2D eigenvalue weighted by atomic mass is 9.92. The third kappa shape index (κ3) is 5.11. The summed E-state index contributed by atoms with van der Waals surface area (Å²) in [5, 5.41) is 4.43. The summed E-state index contributed by atoms with van der Waals surface area (Å²) < 4.78 is 7.67. The first-order valence-corrected chi connectivity index (χ1v) is 10.3. The largest absolute Gasteiger partial charge is 0.379 e. The van der Waals surface area contributed by atoms with E-state index < -0.39 is 0 Å². The van der Waals surface area contributed by atoms with E-state index in [1.54, 1.807) is 0 Å². The number of ether oxygens (including phenoxy) is 1. The lowest BCUT2D eigenvalue weighted by Crippen LogP contribution is -2.52. The summed E-state index contributed by atoms with van der Waals surface area (Å²) in [5.74, 6) is 0.744. The maximum Gasteiger partial charge on any atom is 0.221 e. The van der Waals surface area contributed by atoms with Gasteiger partial charge in [0.2, 0.25) is 5.91 Å². The number of fused-ring (bicyclic) bond motifs is 1. The molecule has 1 atom stereocenters. The number of aryl methyl sites for hydroxylation is 1. The van der Waals surface area contributed by atoms with Gasteiger partial charge in [0.25, 0.3) is 0 Å². The molecular weight excluding hydrogens is 338 g/mol. The van der Waals surface area contributed by atoms with Crippen molar-refractivity contribution < 1.29 is 9.53 Å². The van der Waals surface area contributed by atoms with Crippen LogP contribution in [0.4, 0.5) is 0 Å². The third-order valence-corrected chi connectivity index (χ3v) is 5.88. The van der Waals surface area contributed by atoms with Crippen LogP contribution in [-0.4, -0.2) is 54.3 Å². The summed E-state index contributed by atoms with van der Waals surface area (Å²) in [7, 11) is 0. The van der Waals surface area contributed by atoms with Crippen molar-refractivity contribution in [2.45, 2.75) is 45.7 Å². The van der Waals surface area contributed by atoms with Crippen LogP contribution in [0.2, 0.25) is 0 Å². The summed E-state index contributed by atoms with van der Waals surface area (Å²) in [4.78, 5) is 15.0. The molecule has 1 N–H and O–H groups in total. The van der Waals surface area contributed by atoms with Crippen LogP contribution in [0.15, 0.2) is 36.5 Å². The number of amides is 1. The summed E-state index contributed by atoms with van der Waals surface area (Å²) in [6.07, 6.45) is 4.86. The first kappa shape index (κ1) is 19.9. The highest BCUT2D eigenvalue weighted by Crippen LogP contribution is 2.20. The Hall–Kier alpha value is -1.85. The number of rotatable bonds is 9. The zero-order valence-corrected chi connectivity index (χ0v) is 16.7. The lowest BCUT2D eigenvalue weighted by Gasteiger charge is -2.38. The van der Waals surface area contributed by atoms with E-state index in [0.29, 0.717) is 24.9 Å². The molecule has 0 spiro atoms. The van der Waals surface area contributed by atoms with Crippen LogP contribution >= 0.6 is 0 Å². The van der Waals surface area contributed by atoms with Gasteiger partial charge in [-0.1, -0.05) is 44.9 Å². The van der Waals surface area contributed by atoms with Crippen LogP contribution in [0, 0.1) is 5.92 Å². The summed E-state index contributed by atoms with van der Waals surface area (Å²) in [6.45, 7) is 9.47. The number of nitrogens with one attached hydrogen (secondary N) is 1. The molecule has 0 saturated carbocycles. The molecule has 1 unspecified atom stereocenters. The molecule has 1 aliphatic rings. The molecule has 148 valence electrons. The molecule has 5 nitrogen and oxygen atoms in total. The van der Waals surface area contributed by atoms with Crippen molar-refractivity contribution in [1.82, 2.24) is 14.8 Å². The first-order valence-electron chi connectivity index (χ1n) is 10.3. The second-order valence-electron chi connectivity index (χ2n) is 7.41. The van der Waals surface area contributed by atoms with E-state index in [9.17, 15) is 4.79 Å². The Morgan fingerprint density at radius 1 is 1.15 bits per heavy atom. The number of aromatic nitrogens is 1. The molecule has 1 aliphatic heterocycles. The Bertz CT molecular complexity index is 717. The predicted octanol–water partition coefficient (Wildman–Crippen LogP) is 3.28. The number of hydrogen-bond donors (Lipinski definition) is 1. The second kappa shape index (κ2) is 9.90.